The third-order valence-electron chi connectivity index (χ3n) is 27.6. The van der Waals surface area contributed by atoms with Gasteiger partial charge in [0.2, 0.25) is 0 Å². The van der Waals surface area contributed by atoms with Gasteiger partial charge in [-0.1, -0.05) is 503 Å². The van der Waals surface area contributed by atoms with Crippen molar-refractivity contribution in [1.82, 2.24) is 0 Å². The number of carboxylic acid groups (broad SMARTS) is 4. The molecule has 4 atom stereocenters. The van der Waals surface area contributed by atoms with Gasteiger partial charge in [0.05, 0.1) is 0 Å². The van der Waals surface area contributed by atoms with Crippen LogP contribution in [0.15, 0.2) is 48.6 Å². The average Bonchev–Trinajstić information content (AvgIpc) is 1.05. The van der Waals surface area contributed by atoms with E-state index in [0.29, 0.717) is 0 Å². The zero-order valence-corrected chi connectivity index (χ0v) is 91.3. The van der Waals surface area contributed by atoms with Gasteiger partial charge in [0.1, 0.15) is 0 Å². The molecule has 0 heterocycles. The molecule has 0 aromatic heterocycles. The van der Waals surface area contributed by atoms with Crippen molar-refractivity contribution in [3.05, 3.63) is 48.6 Å². The number of allylic oxidation sites excluding steroid dienone is 8. The van der Waals surface area contributed by atoms with Gasteiger partial charge in [-0.2, -0.15) is 0 Å². The zero-order valence-electron chi connectivity index (χ0n) is 89.7. The maximum Gasteiger partial charge on any atom is 4.00 e. The number of ether oxygens (including phenoxy) is 2. The van der Waals surface area contributed by atoms with Crippen LogP contribution in [-0.4, -0.2) is 50.3 Å². The molecule has 0 N–H and O–H groups in total. The molecule has 0 saturated carbocycles. The fourth-order valence-corrected chi connectivity index (χ4v) is 18.1. The van der Waals surface area contributed by atoms with Crippen LogP contribution in [-0.2, 0) is 50.4 Å². The molecular formula is C120H228O10Ti. The van der Waals surface area contributed by atoms with E-state index < -0.39 is 23.9 Å². The fourth-order valence-electron chi connectivity index (χ4n) is 18.1. The monoisotopic (exact) mass is 1880 g/mol. The zero-order chi connectivity index (χ0) is 95.9. The van der Waals surface area contributed by atoms with Crippen LogP contribution in [0.25, 0.3) is 0 Å². The predicted molar refractivity (Wildman–Crippen MR) is 562 cm³/mol. The summed E-state index contributed by atoms with van der Waals surface area (Å²) in [4.78, 5) is 41.7. The fraction of sp³-hybridized carbons (Fsp3) is 0.900. The molecule has 0 aliphatic heterocycles. The number of rotatable bonds is 104. The Kier molecular flexibility index (Phi) is 127. The SMILES string of the molecule is CCCCC(CC)COCC(CC)CCCC.CCCCC(CC)COCC(CC)CCCC.CCCCCCCC(CCCCCCCC/C=C\CCCCCCCC(=O)[O-])CCCCCCCC/C=C\CCCCCCCC(=O)[O-].CCCCCCCC(CCCCCCCC/C=C\CCCCCCCC(=O)[O-])CCCCCCCC/C=C\CCCCCCCC(=O)[O-].[Ti+4]. The number of aliphatic carboxylic acids is 4. The minimum absolute atomic E-state index is 0. The number of carboxylic acids is 4. The molecule has 10 nitrogen and oxygen atoms in total. The summed E-state index contributed by atoms with van der Waals surface area (Å²) < 4.78 is 11.9. The first-order valence-electron chi connectivity index (χ1n) is 58.2. The van der Waals surface area contributed by atoms with Crippen LogP contribution in [0.5, 0.6) is 0 Å². The maximum atomic E-state index is 10.4. The Bertz CT molecular complexity index is 2000. The second-order valence-corrected chi connectivity index (χ2v) is 40.3. The van der Waals surface area contributed by atoms with Gasteiger partial charge in [-0.15, -0.1) is 0 Å². The van der Waals surface area contributed by atoms with Gasteiger partial charge in [0, 0.05) is 50.3 Å². The summed E-state index contributed by atoms with van der Waals surface area (Å²) >= 11 is 0. The topological polar surface area (TPSA) is 179 Å². The molecule has 0 saturated heterocycles. The van der Waals surface area contributed by atoms with E-state index in [4.69, 9.17) is 9.47 Å². The van der Waals surface area contributed by atoms with Crippen molar-refractivity contribution in [2.24, 2.45) is 35.5 Å². The molecule has 772 valence electrons. The van der Waals surface area contributed by atoms with Crippen molar-refractivity contribution >= 4 is 23.9 Å². The first kappa shape index (κ1) is 137. The van der Waals surface area contributed by atoms with E-state index in [0.717, 1.165) is 139 Å². The van der Waals surface area contributed by atoms with Crippen LogP contribution in [0.3, 0.4) is 0 Å². The molecule has 4 unspecified atom stereocenters. The maximum absolute atomic E-state index is 10.4. The Hall–Kier alpha value is -2.53. The molecule has 0 aliphatic rings. The average molecular weight is 1880 g/mol. The Balaban J connectivity index is -0.000000594. The Morgan fingerprint density at radius 3 is 0.450 bits per heavy atom. The van der Waals surface area contributed by atoms with Crippen LogP contribution in [0.2, 0.25) is 0 Å². The molecule has 0 radical (unpaired) electrons. The van der Waals surface area contributed by atoms with E-state index in [1.807, 2.05) is 0 Å². The predicted octanol–water partition coefficient (Wildman–Crippen LogP) is 35.4. The van der Waals surface area contributed by atoms with E-state index in [1.165, 1.54) is 462 Å². The summed E-state index contributed by atoms with van der Waals surface area (Å²) in [5.74, 6) is 1.43. The van der Waals surface area contributed by atoms with Crippen molar-refractivity contribution in [1.29, 1.82) is 0 Å². The molecule has 0 spiro atoms. The van der Waals surface area contributed by atoms with Gasteiger partial charge in [-0.3, -0.25) is 0 Å². The van der Waals surface area contributed by atoms with Crippen molar-refractivity contribution in [2.45, 2.75) is 634 Å². The van der Waals surface area contributed by atoms with E-state index in [2.05, 4.69) is 118 Å². The van der Waals surface area contributed by atoms with Gasteiger partial charge in [0.25, 0.3) is 0 Å². The molecule has 0 rings (SSSR count). The van der Waals surface area contributed by atoms with Crippen LogP contribution in [0.4, 0.5) is 0 Å². The summed E-state index contributed by atoms with van der Waals surface area (Å²) in [6.45, 7) is 26.8. The molecule has 131 heavy (non-hydrogen) atoms. The van der Waals surface area contributed by atoms with Gasteiger partial charge in [-0.25, -0.2) is 0 Å². The van der Waals surface area contributed by atoms with Crippen LogP contribution >= 0.6 is 0 Å². The molecule has 0 amide bonds. The number of carbonyl (C=O) groups excluding carboxylic acids is 4. The molecule has 0 aliphatic carbocycles. The number of hydrogen-bond donors (Lipinski definition) is 0. The van der Waals surface area contributed by atoms with Crippen LogP contribution in [0, 0.1) is 35.5 Å². The minimum atomic E-state index is -0.915. The third-order valence-corrected chi connectivity index (χ3v) is 27.6. The molecule has 11 heteroatoms. The molecule has 0 aromatic carbocycles. The summed E-state index contributed by atoms with van der Waals surface area (Å²) in [6, 6.07) is 0. The van der Waals surface area contributed by atoms with Crippen molar-refractivity contribution in [2.75, 3.05) is 26.4 Å². The standard InChI is InChI=1S/2C44H82O4.2C16H34O.Ti/c2*1-2-3-4-27-32-37-42(38-33-28-23-19-15-11-7-5-9-13-17-21-25-30-35-40-43(45)46)39-34-29-24-20-16-12-8-6-10-14-18-22-26-31-36-41-44(47)48;2*1-5-9-11-15(7-3)13-17-14-16(8-4)12-10-6-2;/h2*5-6,9-10,42H,2-4,7-8,11-41H2,1H3,(H,45,46)(H,47,48);2*15-16H,5-14H2,1-4H3;/q;;;;+4/p-4/b2*9-5-,10-6-;;;. The molecule has 0 aromatic rings. The number of hydrogen-bond acceptors (Lipinski definition) is 10. The van der Waals surface area contributed by atoms with E-state index >= 15 is 0 Å². The van der Waals surface area contributed by atoms with Crippen molar-refractivity contribution < 1.29 is 70.8 Å². The normalized spacial score (nSPS) is 12.5. The Morgan fingerprint density at radius 1 is 0.176 bits per heavy atom. The van der Waals surface area contributed by atoms with Crippen molar-refractivity contribution in [3.63, 3.8) is 0 Å². The Morgan fingerprint density at radius 2 is 0.305 bits per heavy atom. The van der Waals surface area contributed by atoms with E-state index in [-0.39, 0.29) is 47.4 Å². The number of unbranched alkanes of at least 4 members (excludes halogenated alkanes) is 56. The summed E-state index contributed by atoms with van der Waals surface area (Å²) in [5.41, 5.74) is 0. The number of carbonyl (C=O) groups is 4. The molecular weight excluding hydrogens is 1650 g/mol. The smallest absolute Gasteiger partial charge is 0.550 e. The summed E-state index contributed by atoms with van der Waals surface area (Å²) in [6.07, 6.45) is 128. The van der Waals surface area contributed by atoms with E-state index in [9.17, 15) is 39.6 Å². The summed E-state index contributed by atoms with van der Waals surface area (Å²) in [5, 5.41) is 41.7. The second-order valence-electron chi connectivity index (χ2n) is 40.3. The van der Waals surface area contributed by atoms with Crippen LogP contribution in [0.1, 0.15) is 634 Å². The molecule has 0 fully saturated rings. The Labute approximate surface area is 833 Å². The first-order valence-corrected chi connectivity index (χ1v) is 58.2. The molecule has 0 bridgehead atoms. The van der Waals surface area contributed by atoms with Gasteiger partial charge in [-0.05, 0) is 215 Å². The summed E-state index contributed by atoms with van der Waals surface area (Å²) in [7, 11) is 0. The quantitative estimate of drug-likeness (QED) is 0.0323. The minimum Gasteiger partial charge on any atom is -0.550 e. The van der Waals surface area contributed by atoms with Crippen molar-refractivity contribution in [3.8, 4) is 0 Å². The first-order chi connectivity index (χ1) is 63.7. The van der Waals surface area contributed by atoms with Crippen LogP contribution < -0.4 is 20.4 Å². The third kappa shape index (κ3) is 124. The van der Waals surface area contributed by atoms with Gasteiger partial charge >= 0.3 is 21.7 Å². The second kappa shape index (κ2) is 122. The largest absolute Gasteiger partial charge is 4.00 e. The van der Waals surface area contributed by atoms with E-state index in [1.54, 1.807) is 0 Å². The van der Waals surface area contributed by atoms with Gasteiger partial charge < -0.3 is 49.1 Å². The van der Waals surface area contributed by atoms with Gasteiger partial charge in [0.15, 0.2) is 0 Å².